The maximum atomic E-state index is 13.0. The molecule has 0 aromatic carbocycles. The molecule has 1 unspecified atom stereocenters. The Morgan fingerprint density at radius 2 is 1.43 bits per heavy atom. The summed E-state index contributed by atoms with van der Waals surface area (Å²) in [5.41, 5.74) is 1.69. The summed E-state index contributed by atoms with van der Waals surface area (Å²) in [6.45, 7) is 9.71. The highest BCUT2D eigenvalue weighted by atomic mass is 16.5. The first-order chi connectivity index (χ1) is 19.3. The number of unbranched alkanes of at least 4 members (excludes halogenated alkanes) is 13. The number of Topliss-reactive ketones (excluding diaryl/α,β-unsaturated/α-hetero) is 1. The quantitative estimate of drug-likeness (QED) is 0.168. The second-order valence-corrected chi connectivity index (χ2v) is 14.8. The average Bonchev–Trinajstić information content (AvgIpc) is 3.29. The summed E-state index contributed by atoms with van der Waals surface area (Å²) in [6.07, 6.45) is 28.6. The lowest BCUT2D eigenvalue weighted by atomic mass is 9.46. The van der Waals surface area contributed by atoms with Gasteiger partial charge in [-0.25, -0.2) is 0 Å². The van der Waals surface area contributed by atoms with Gasteiger partial charge in [-0.1, -0.05) is 110 Å². The third-order valence-corrected chi connectivity index (χ3v) is 12.3. The highest BCUT2D eigenvalue weighted by molar-refractivity contribution is 5.95. The first-order valence-electron chi connectivity index (χ1n) is 17.7. The van der Waals surface area contributed by atoms with Gasteiger partial charge in [-0.15, -0.1) is 0 Å². The number of ether oxygens (including phenoxy) is 1. The first kappa shape index (κ1) is 32.0. The fourth-order valence-electron chi connectivity index (χ4n) is 9.93. The van der Waals surface area contributed by atoms with E-state index in [9.17, 15) is 9.59 Å². The molecule has 0 spiro atoms. The zero-order chi connectivity index (χ0) is 28.6. The highest BCUT2D eigenvalue weighted by Gasteiger charge is 2.60. The summed E-state index contributed by atoms with van der Waals surface area (Å²) >= 11 is 0. The summed E-state index contributed by atoms with van der Waals surface area (Å²) in [5.74, 6) is 2.89. The van der Waals surface area contributed by atoms with Gasteiger partial charge in [0.25, 0.3) is 0 Å². The van der Waals surface area contributed by atoms with E-state index in [1.165, 1.54) is 115 Å². The lowest BCUT2D eigenvalue weighted by molar-refractivity contribution is -0.135. The lowest BCUT2D eigenvalue weighted by Crippen LogP contribution is -2.53. The monoisotopic (exact) mass is 554 g/mol. The Morgan fingerprint density at radius 1 is 0.825 bits per heavy atom. The number of hydrogen-bond donors (Lipinski definition) is 0. The van der Waals surface area contributed by atoms with Crippen LogP contribution in [0.15, 0.2) is 11.6 Å². The molecule has 0 amide bonds. The first-order valence-corrected chi connectivity index (χ1v) is 17.7. The number of carbonyl (C=O) groups is 2. The molecule has 3 saturated carbocycles. The number of rotatable bonds is 17. The van der Waals surface area contributed by atoms with Gasteiger partial charge in [0.1, 0.15) is 11.9 Å². The van der Waals surface area contributed by atoms with Gasteiger partial charge in [-0.05, 0) is 93.0 Å². The van der Waals surface area contributed by atoms with Crippen molar-refractivity contribution >= 4 is 11.6 Å². The predicted molar refractivity (Wildman–Crippen MR) is 166 cm³/mol. The van der Waals surface area contributed by atoms with E-state index >= 15 is 0 Å². The van der Waals surface area contributed by atoms with Crippen molar-refractivity contribution in [2.75, 3.05) is 6.61 Å². The fourth-order valence-corrected chi connectivity index (χ4v) is 9.93. The van der Waals surface area contributed by atoms with E-state index in [0.29, 0.717) is 23.5 Å². The third kappa shape index (κ3) is 7.33. The molecule has 0 aromatic heterocycles. The van der Waals surface area contributed by atoms with Crippen LogP contribution in [0.5, 0.6) is 0 Å². The van der Waals surface area contributed by atoms with E-state index in [4.69, 9.17) is 4.74 Å². The van der Waals surface area contributed by atoms with Gasteiger partial charge in [-0.2, -0.15) is 0 Å². The third-order valence-electron chi connectivity index (χ3n) is 12.3. The van der Waals surface area contributed by atoms with E-state index in [-0.39, 0.29) is 28.6 Å². The van der Waals surface area contributed by atoms with Crippen LogP contribution in [0.4, 0.5) is 0 Å². The molecule has 0 radical (unpaired) electrons. The van der Waals surface area contributed by atoms with Crippen LogP contribution < -0.4 is 0 Å². The summed E-state index contributed by atoms with van der Waals surface area (Å²) in [6, 6.07) is 0. The molecule has 0 bridgehead atoms. The summed E-state index contributed by atoms with van der Waals surface area (Å²) < 4.78 is 6.31. The van der Waals surface area contributed by atoms with E-state index in [1.54, 1.807) is 0 Å². The zero-order valence-electron chi connectivity index (χ0n) is 26.7. The predicted octanol–water partition coefficient (Wildman–Crippen LogP) is 10.2. The van der Waals surface area contributed by atoms with E-state index in [1.807, 2.05) is 13.0 Å². The second-order valence-electron chi connectivity index (χ2n) is 14.8. The normalized spacial score (nSPS) is 35.1. The average molecular weight is 555 g/mol. The largest absolute Gasteiger partial charge is 0.370 e. The zero-order valence-corrected chi connectivity index (χ0v) is 26.7. The Hall–Kier alpha value is -0.960. The van der Waals surface area contributed by atoms with Crippen LogP contribution in [0.25, 0.3) is 0 Å². The Morgan fingerprint density at radius 3 is 2.02 bits per heavy atom. The van der Waals surface area contributed by atoms with Gasteiger partial charge in [0.2, 0.25) is 0 Å². The highest BCUT2D eigenvalue weighted by Crippen LogP contribution is 2.66. The molecule has 4 aliphatic rings. The lowest BCUT2D eigenvalue weighted by Gasteiger charge is -2.58. The van der Waals surface area contributed by atoms with Gasteiger partial charge in [-0.3, -0.25) is 9.59 Å². The van der Waals surface area contributed by atoms with Crippen LogP contribution in [0, 0.1) is 34.5 Å². The molecule has 0 saturated heterocycles. The minimum absolute atomic E-state index is 0.0899. The molecule has 0 aromatic rings. The number of ketones is 2. The standard InChI is InChI=1S/C37H62O3/c1-5-6-7-8-9-10-11-12-13-14-15-16-17-18-25-40-35-27-37(4)29(26-34(35)39)19-20-30-32-22-21-31(28(2)38)36(32,3)24-23-33(30)37/h26,30-33,35H,5-25,27H2,1-4H3/t30-,31+,32-,33-,35?,36+,37-/m0/s1. The number of hydrogen-bond acceptors (Lipinski definition) is 3. The molecule has 4 rings (SSSR count). The topological polar surface area (TPSA) is 43.4 Å². The van der Waals surface area contributed by atoms with Gasteiger partial charge >= 0.3 is 0 Å². The van der Waals surface area contributed by atoms with Crippen LogP contribution in [0.3, 0.4) is 0 Å². The van der Waals surface area contributed by atoms with Gasteiger partial charge < -0.3 is 4.74 Å². The molecular weight excluding hydrogens is 492 g/mol. The van der Waals surface area contributed by atoms with Gasteiger partial charge in [0.15, 0.2) is 5.78 Å². The molecule has 3 nitrogen and oxygen atoms in total. The van der Waals surface area contributed by atoms with Crippen molar-refractivity contribution < 1.29 is 14.3 Å². The number of allylic oxidation sites excluding steroid dienone is 1. The Labute approximate surface area is 247 Å². The Balaban J connectivity index is 1.14. The Bertz CT molecular complexity index is 859. The maximum absolute atomic E-state index is 13.0. The smallest absolute Gasteiger partial charge is 0.184 e. The minimum Gasteiger partial charge on any atom is -0.370 e. The SMILES string of the molecule is CCCCCCCCCCCCCCCCOC1C[C@@]2(C)C(=CC1=O)CC[C@H]1[C@@H]3CC[C@H](C(C)=O)[C@@]3(C)CC[C@@H]12. The molecular formula is C37H62O3. The van der Waals surface area contributed by atoms with E-state index in [0.717, 1.165) is 32.3 Å². The maximum Gasteiger partial charge on any atom is 0.184 e. The van der Waals surface area contributed by atoms with Crippen LogP contribution in [0.2, 0.25) is 0 Å². The molecule has 4 aliphatic carbocycles. The molecule has 0 aliphatic heterocycles. The minimum atomic E-state index is -0.253. The summed E-state index contributed by atoms with van der Waals surface area (Å²) in [4.78, 5) is 25.5. The van der Waals surface area contributed by atoms with Crippen molar-refractivity contribution in [3.63, 3.8) is 0 Å². The van der Waals surface area contributed by atoms with Crippen molar-refractivity contribution in [3.8, 4) is 0 Å². The fraction of sp³-hybridized carbons (Fsp3) is 0.892. The summed E-state index contributed by atoms with van der Waals surface area (Å²) in [7, 11) is 0. The van der Waals surface area contributed by atoms with Gasteiger partial charge in [0.05, 0.1) is 0 Å². The summed E-state index contributed by atoms with van der Waals surface area (Å²) in [5, 5.41) is 0. The molecule has 0 N–H and O–H groups in total. The van der Waals surface area contributed by atoms with Crippen molar-refractivity contribution in [2.45, 2.75) is 169 Å². The van der Waals surface area contributed by atoms with Crippen molar-refractivity contribution in [1.82, 2.24) is 0 Å². The van der Waals surface area contributed by atoms with E-state index in [2.05, 4.69) is 20.8 Å². The van der Waals surface area contributed by atoms with Crippen LogP contribution in [0.1, 0.15) is 163 Å². The Kier molecular flexibility index (Phi) is 12.0. The van der Waals surface area contributed by atoms with Crippen LogP contribution in [-0.4, -0.2) is 24.3 Å². The van der Waals surface area contributed by atoms with Crippen LogP contribution in [-0.2, 0) is 14.3 Å². The van der Waals surface area contributed by atoms with Crippen LogP contribution >= 0.6 is 0 Å². The molecule has 7 atom stereocenters. The van der Waals surface area contributed by atoms with Crippen molar-refractivity contribution in [2.24, 2.45) is 34.5 Å². The molecule has 0 heterocycles. The van der Waals surface area contributed by atoms with Crippen molar-refractivity contribution in [3.05, 3.63) is 11.6 Å². The second kappa shape index (κ2) is 15.0. The molecule has 228 valence electrons. The molecule has 3 fully saturated rings. The number of carbonyl (C=O) groups excluding carboxylic acids is 2. The molecule has 3 heteroatoms. The number of fused-ring (bicyclic) bond motifs is 5. The van der Waals surface area contributed by atoms with Gasteiger partial charge in [0, 0.05) is 12.5 Å². The van der Waals surface area contributed by atoms with Crippen molar-refractivity contribution in [1.29, 1.82) is 0 Å². The van der Waals surface area contributed by atoms with E-state index < -0.39 is 0 Å². The molecule has 40 heavy (non-hydrogen) atoms.